The summed E-state index contributed by atoms with van der Waals surface area (Å²) in [5.41, 5.74) is 0.509. The molecule has 0 aliphatic rings. The van der Waals surface area contributed by atoms with E-state index in [4.69, 9.17) is 4.74 Å². The van der Waals surface area contributed by atoms with E-state index in [1.54, 1.807) is 19.4 Å². The molecule has 2 atom stereocenters. The van der Waals surface area contributed by atoms with Crippen LogP contribution in [0.3, 0.4) is 0 Å². The topological polar surface area (TPSA) is 34.2 Å². The molecule has 0 aromatic carbocycles. The van der Waals surface area contributed by atoms with E-state index in [1.165, 1.54) is 6.07 Å². The number of methoxy groups -OCH3 is 1. The number of nitrogens with one attached hydrogen (secondary N) is 1. The summed E-state index contributed by atoms with van der Waals surface area (Å²) in [6.07, 6.45) is 3.54. The Labute approximate surface area is 109 Å². The molecule has 0 aliphatic heterocycles. The lowest BCUT2D eigenvalue weighted by Crippen LogP contribution is -2.30. The minimum absolute atomic E-state index is 0.0544. The summed E-state index contributed by atoms with van der Waals surface area (Å²) in [7, 11) is 1.68. The zero-order valence-corrected chi connectivity index (χ0v) is 11.4. The summed E-state index contributed by atoms with van der Waals surface area (Å²) >= 11 is 0. The van der Waals surface area contributed by atoms with Crippen molar-refractivity contribution in [2.45, 2.75) is 32.7 Å². The van der Waals surface area contributed by atoms with Crippen LogP contribution in [0.25, 0.3) is 0 Å². The molecule has 102 valence electrons. The first-order valence-electron chi connectivity index (χ1n) is 6.53. The highest BCUT2D eigenvalue weighted by molar-refractivity contribution is 5.12. The molecule has 0 aliphatic carbocycles. The molecule has 0 spiro atoms. The van der Waals surface area contributed by atoms with Gasteiger partial charge in [0.1, 0.15) is 5.82 Å². The van der Waals surface area contributed by atoms with E-state index in [0.717, 1.165) is 19.4 Å². The standard InChI is InChI=1S/C14H23FN2O/c1-4-8-16-13(11(2)7-10-18-3)14-12(15)6-5-9-17-14/h5-6,9,11,13,16H,4,7-8,10H2,1-3H3. The number of ether oxygens (including phenoxy) is 1. The molecule has 3 nitrogen and oxygen atoms in total. The Morgan fingerprint density at radius 1 is 1.50 bits per heavy atom. The molecule has 0 radical (unpaired) electrons. The zero-order chi connectivity index (χ0) is 13.4. The van der Waals surface area contributed by atoms with Gasteiger partial charge in [-0.2, -0.15) is 0 Å². The number of hydrogen-bond acceptors (Lipinski definition) is 3. The Balaban J connectivity index is 2.80. The Kier molecular flexibility index (Phi) is 6.83. The van der Waals surface area contributed by atoms with Crippen molar-refractivity contribution in [2.24, 2.45) is 5.92 Å². The first kappa shape index (κ1) is 15.1. The molecule has 1 N–H and O–H groups in total. The maximum Gasteiger partial charge on any atom is 0.146 e. The molecule has 1 rings (SSSR count). The van der Waals surface area contributed by atoms with Crippen molar-refractivity contribution in [3.05, 3.63) is 29.8 Å². The van der Waals surface area contributed by atoms with Crippen molar-refractivity contribution < 1.29 is 9.13 Å². The van der Waals surface area contributed by atoms with Crippen LogP contribution in [-0.2, 0) is 4.74 Å². The first-order valence-corrected chi connectivity index (χ1v) is 6.53. The van der Waals surface area contributed by atoms with Crippen LogP contribution < -0.4 is 5.32 Å². The van der Waals surface area contributed by atoms with Crippen LogP contribution in [0.5, 0.6) is 0 Å². The smallest absolute Gasteiger partial charge is 0.146 e. The molecule has 1 aromatic heterocycles. The minimum atomic E-state index is -0.240. The molecule has 0 fully saturated rings. The van der Waals surface area contributed by atoms with Crippen molar-refractivity contribution in [3.8, 4) is 0 Å². The molecule has 0 saturated carbocycles. The van der Waals surface area contributed by atoms with Crippen LogP contribution in [0.4, 0.5) is 4.39 Å². The van der Waals surface area contributed by atoms with Gasteiger partial charge in [0.05, 0.1) is 11.7 Å². The third kappa shape index (κ3) is 4.35. The molecule has 0 amide bonds. The Morgan fingerprint density at radius 3 is 2.89 bits per heavy atom. The summed E-state index contributed by atoms with van der Waals surface area (Å²) in [6, 6.07) is 3.03. The van der Waals surface area contributed by atoms with E-state index in [1.807, 2.05) is 0 Å². The average molecular weight is 254 g/mol. The zero-order valence-electron chi connectivity index (χ0n) is 11.4. The van der Waals surface area contributed by atoms with Gasteiger partial charge in [0, 0.05) is 19.9 Å². The number of aromatic nitrogens is 1. The fourth-order valence-electron chi connectivity index (χ4n) is 1.96. The van der Waals surface area contributed by atoms with Crippen LogP contribution >= 0.6 is 0 Å². The van der Waals surface area contributed by atoms with Gasteiger partial charge in [0.15, 0.2) is 0 Å². The van der Waals surface area contributed by atoms with Crippen molar-refractivity contribution in [3.63, 3.8) is 0 Å². The van der Waals surface area contributed by atoms with E-state index >= 15 is 0 Å². The van der Waals surface area contributed by atoms with Crippen molar-refractivity contribution >= 4 is 0 Å². The third-order valence-corrected chi connectivity index (χ3v) is 3.04. The highest BCUT2D eigenvalue weighted by atomic mass is 19.1. The van der Waals surface area contributed by atoms with E-state index in [-0.39, 0.29) is 17.8 Å². The van der Waals surface area contributed by atoms with Crippen LogP contribution in [0.1, 0.15) is 38.4 Å². The number of hydrogen-bond donors (Lipinski definition) is 1. The van der Waals surface area contributed by atoms with E-state index in [9.17, 15) is 4.39 Å². The molecule has 2 unspecified atom stereocenters. The molecule has 0 bridgehead atoms. The first-order chi connectivity index (χ1) is 8.70. The number of rotatable bonds is 8. The summed E-state index contributed by atoms with van der Waals surface area (Å²) < 4.78 is 18.9. The number of nitrogens with zero attached hydrogens (tertiary/aromatic N) is 1. The highest BCUT2D eigenvalue weighted by Crippen LogP contribution is 2.24. The van der Waals surface area contributed by atoms with Crippen LogP contribution in [0.15, 0.2) is 18.3 Å². The quantitative estimate of drug-likeness (QED) is 0.774. The normalized spacial score (nSPS) is 14.4. The summed E-state index contributed by atoms with van der Waals surface area (Å²) in [6.45, 7) is 5.73. The monoisotopic (exact) mass is 254 g/mol. The molecule has 18 heavy (non-hydrogen) atoms. The molecular weight excluding hydrogens is 231 g/mol. The second-order valence-electron chi connectivity index (χ2n) is 4.56. The van der Waals surface area contributed by atoms with Gasteiger partial charge < -0.3 is 10.1 Å². The van der Waals surface area contributed by atoms with Gasteiger partial charge >= 0.3 is 0 Å². The lowest BCUT2D eigenvalue weighted by Gasteiger charge is -2.25. The van der Waals surface area contributed by atoms with Gasteiger partial charge in [0.25, 0.3) is 0 Å². The van der Waals surface area contributed by atoms with Crippen molar-refractivity contribution in [2.75, 3.05) is 20.3 Å². The Morgan fingerprint density at radius 2 is 2.28 bits per heavy atom. The molecule has 1 aromatic rings. The van der Waals surface area contributed by atoms with Crippen molar-refractivity contribution in [1.82, 2.24) is 10.3 Å². The maximum absolute atomic E-state index is 13.8. The van der Waals surface area contributed by atoms with Gasteiger partial charge in [-0.25, -0.2) is 4.39 Å². The maximum atomic E-state index is 13.8. The van der Waals surface area contributed by atoms with Crippen LogP contribution in [0.2, 0.25) is 0 Å². The molecule has 1 heterocycles. The van der Waals surface area contributed by atoms with Crippen LogP contribution in [0, 0.1) is 11.7 Å². The van der Waals surface area contributed by atoms with Crippen molar-refractivity contribution in [1.29, 1.82) is 0 Å². The number of halogens is 1. The molecule has 4 heteroatoms. The fraction of sp³-hybridized carbons (Fsp3) is 0.643. The minimum Gasteiger partial charge on any atom is -0.385 e. The predicted octanol–water partition coefficient (Wildman–Crippen LogP) is 2.93. The van der Waals surface area contributed by atoms with E-state index in [2.05, 4.69) is 24.1 Å². The van der Waals surface area contributed by atoms with E-state index in [0.29, 0.717) is 12.3 Å². The second-order valence-corrected chi connectivity index (χ2v) is 4.56. The molecular formula is C14H23FN2O. The Hall–Kier alpha value is -1.00. The third-order valence-electron chi connectivity index (χ3n) is 3.04. The average Bonchev–Trinajstić information content (AvgIpc) is 2.38. The lowest BCUT2D eigenvalue weighted by molar-refractivity contribution is 0.169. The Bertz CT molecular complexity index is 346. The summed E-state index contributed by atoms with van der Waals surface area (Å²) in [4.78, 5) is 4.18. The number of pyridine rings is 1. The van der Waals surface area contributed by atoms with Gasteiger partial charge in [-0.05, 0) is 37.4 Å². The van der Waals surface area contributed by atoms with E-state index < -0.39 is 0 Å². The van der Waals surface area contributed by atoms with Gasteiger partial charge in [-0.3, -0.25) is 4.98 Å². The van der Waals surface area contributed by atoms with Gasteiger partial charge in [-0.1, -0.05) is 13.8 Å². The van der Waals surface area contributed by atoms with Crippen LogP contribution in [-0.4, -0.2) is 25.2 Å². The van der Waals surface area contributed by atoms with Gasteiger partial charge in [-0.15, -0.1) is 0 Å². The second kappa shape index (κ2) is 8.16. The SMILES string of the molecule is CCCNC(c1ncccc1F)C(C)CCOC. The van der Waals surface area contributed by atoms with Gasteiger partial charge in [0.2, 0.25) is 0 Å². The lowest BCUT2D eigenvalue weighted by atomic mass is 9.95. The summed E-state index contributed by atoms with van der Waals surface area (Å²) in [5, 5.41) is 3.38. The largest absolute Gasteiger partial charge is 0.385 e. The summed E-state index contributed by atoms with van der Waals surface area (Å²) in [5.74, 6) is 0.0382. The molecule has 0 saturated heterocycles. The highest BCUT2D eigenvalue weighted by Gasteiger charge is 2.22. The fourth-order valence-corrected chi connectivity index (χ4v) is 1.96. The predicted molar refractivity (Wildman–Crippen MR) is 70.9 cm³/mol.